The van der Waals surface area contributed by atoms with Crippen LogP contribution in [0, 0.1) is 0 Å². The van der Waals surface area contributed by atoms with E-state index in [1.54, 1.807) is 36.7 Å². The number of halogens is 1. The van der Waals surface area contributed by atoms with Gasteiger partial charge in [-0.2, -0.15) is 13.0 Å². The number of rotatable bonds is 5. The molecule has 3 aromatic carbocycles. The summed E-state index contributed by atoms with van der Waals surface area (Å²) in [5, 5.41) is 14.0. The van der Waals surface area contributed by atoms with Crippen LogP contribution in [0.25, 0.3) is 11.5 Å². The Bertz CT molecular complexity index is 1640. The predicted octanol–water partition coefficient (Wildman–Crippen LogP) is 3.93. The van der Waals surface area contributed by atoms with Crippen molar-refractivity contribution in [1.82, 2.24) is 0 Å². The van der Waals surface area contributed by atoms with Gasteiger partial charge in [0.15, 0.2) is 18.1 Å². The topological polar surface area (TPSA) is 90.5 Å². The van der Waals surface area contributed by atoms with Crippen LogP contribution < -0.4 is 9.67 Å². The smallest absolute Gasteiger partial charge is 0.283 e. The number of carbonyl (C=O) groups excluding carboxylic acids is 1. The summed E-state index contributed by atoms with van der Waals surface area (Å²) in [5.74, 6) is -1.13. The van der Waals surface area contributed by atoms with Crippen molar-refractivity contribution < 1.29 is 22.9 Å². The molecule has 0 saturated heterocycles. The fraction of sp³-hybridized carbons (Fsp3) is 0.0357. The molecule has 0 amide bonds. The highest BCUT2D eigenvalue weighted by Crippen LogP contribution is 2.28. The van der Waals surface area contributed by atoms with Crippen LogP contribution in [0.5, 0.6) is 0 Å². The van der Waals surface area contributed by atoms with Crippen LogP contribution in [0.2, 0.25) is 5.02 Å². The fourth-order valence-electron chi connectivity index (χ4n) is 4.05. The van der Waals surface area contributed by atoms with Gasteiger partial charge in [-0.25, -0.2) is 0 Å². The largest absolute Gasteiger partial charge is 0.867 e. The third kappa shape index (κ3) is 4.58. The summed E-state index contributed by atoms with van der Waals surface area (Å²) in [6.45, 7) is 0. The van der Waals surface area contributed by atoms with Crippen LogP contribution in [0.1, 0.15) is 27.0 Å². The molecule has 0 bridgehead atoms. The average Bonchev–Trinajstić information content (AvgIpc) is 2.88. The van der Waals surface area contributed by atoms with E-state index < -0.39 is 27.3 Å². The Morgan fingerprint density at radius 2 is 1.44 bits per heavy atom. The summed E-state index contributed by atoms with van der Waals surface area (Å²) in [6, 6.07) is 25.2. The number of sulfonamides is 1. The fourth-order valence-corrected chi connectivity index (χ4v) is 5.17. The summed E-state index contributed by atoms with van der Waals surface area (Å²) < 4.78 is 31.7. The van der Waals surface area contributed by atoms with Gasteiger partial charge < -0.3 is 5.11 Å². The van der Waals surface area contributed by atoms with Gasteiger partial charge in [0.05, 0.1) is 4.90 Å². The molecule has 0 radical (unpaired) electrons. The van der Waals surface area contributed by atoms with Crippen molar-refractivity contribution in [3.8, 4) is 0 Å². The van der Waals surface area contributed by atoms with Crippen LogP contribution in [0.4, 0.5) is 0 Å². The molecule has 178 valence electrons. The van der Waals surface area contributed by atoms with Gasteiger partial charge in [0, 0.05) is 28.6 Å². The highest BCUT2D eigenvalue weighted by Gasteiger charge is 2.35. The number of allylic oxidation sites excluding steroid dienone is 1. The third-order valence-corrected chi connectivity index (χ3v) is 7.31. The molecule has 5 rings (SSSR count). The highest BCUT2D eigenvalue weighted by atomic mass is 35.5. The van der Waals surface area contributed by atoms with Crippen molar-refractivity contribution in [3.05, 3.63) is 131 Å². The first-order valence-corrected chi connectivity index (χ1v) is 12.9. The zero-order valence-corrected chi connectivity index (χ0v) is 20.4. The minimum absolute atomic E-state index is 0.109. The molecule has 0 unspecified atom stereocenters. The molecule has 1 heterocycles. The van der Waals surface area contributed by atoms with Gasteiger partial charge in [-0.3, -0.25) is 4.79 Å². The van der Waals surface area contributed by atoms with Gasteiger partial charge in [-0.1, -0.05) is 66.2 Å². The van der Waals surface area contributed by atoms with Crippen molar-refractivity contribution in [2.45, 2.75) is 11.3 Å². The van der Waals surface area contributed by atoms with E-state index in [2.05, 4.69) is 4.40 Å². The van der Waals surface area contributed by atoms with E-state index in [0.717, 1.165) is 11.1 Å². The SMILES string of the molecule is O=C1/C(=N\S(=O)(=O)c2ccc(Cl)cc2)C([n+]2cccc(Cc3ccccc3)c2)=C([O-])c2ccccc21. The summed E-state index contributed by atoms with van der Waals surface area (Å²) in [5.41, 5.74) is 1.69. The molecule has 0 aliphatic heterocycles. The lowest BCUT2D eigenvalue weighted by Crippen LogP contribution is -2.44. The molecule has 0 atom stereocenters. The van der Waals surface area contributed by atoms with Crippen LogP contribution in [0.3, 0.4) is 0 Å². The lowest BCUT2D eigenvalue weighted by molar-refractivity contribution is -0.578. The van der Waals surface area contributed by atoms with E-state index >= 15 is 0 Å². The summed E-state index contributed by atoms with van der Waals surface area (Å²) in [7, 11) is -4.31. The average molecular weight is 515 g/mol. The van der Waals surface area contributed by atoms with E-state index in [0.29, 0.717) is 11.4 Å². The minimum atomic E-state index is -4.31. The molecule has 6 nitrogen and oxygen atoms in total. The Hall–Kier alpha value is -4.07. The first-order chi connectivity index (χ1) is 17.3. The highest BCUT2D eigenvalue weighted by molar-refractivity contribution is 7.90. The van der Waals surface area contributed by atoms with E-state index in [1.165, 1.54) is 34.9 Å². The minimum Gasteiger partial charge on any atom is -0.867 e. The van der Waals surface area contributed by atoms with E-state index in [9.17, 15) is 18.3 Å². The number of aromatic nitrogens is 1. The predicted molar refractivity (Wildman–Crippen MR) is 136 cm³/mol. The second kappa shape index (κ2) is 9.53. The number of pyridine rings is 1. The van der Waals surface area contributed by atoms with E-state index in [-0.39, 0.29) is 21.7 Å². The van der Waals surface area contributed by atoms with Gasteiger partial charge in [-0.05, 0) is 47.2 Å². The summed E-state index contributed by atoms with van der Waals surface area (Å²) in [6.07, 6.45) is 3.91. The molecule has 1 aliphatic rings. The number of hydrogen-bond donors (Lipinski definition) is 0. The first-order valence-electron chi connectivity index (χ1n) is 11.0. The molecule has 0 spiro atoms. The first kappa shape index (κ1) is 23.7. The van der Waals surface area contributed by atoms with Crippen LogP contribution >= 0.6 is 11.6 Å². The molecule has 8 heteroatoms. The molecule has 1 aliphatic carbocycles. The van der Waals surface area contributed by atoms with Crippen LogP contribution in [-0.2, 0) is 16.4 Å². The van der Waals surface area contributed by atoms with Crippen molar-refractivity contribution in [1.29, 1.82) is 0 Å². The Balaban J connectivity index is 1.68. The second-order valence-corrected chi connectivity index (χ2v) is 10.2. The van der Waals surface area contributed by atoms with Gasteiger partial charge in [0.2, 0.25) is 11.5 Å². The van der Waals surface area contributed by atoms with Gasteiger partial charge in [-0.15, -0.1) is 4.40 Å². The Kier molecular flexibility index (Phi) is 6.26. The summed E-state index contributed by atoms with van der Waals surface area (Å²) >= 11 is 5.89. The van der Waals surface area contributed by atoms with Crippen LogP contribution in [0.15, 0.2) is 113 Å². The number of fused-ring (bicyclic) bond motifs is 1. The lowest BCUT2D eigenvalue weighted by Gasteiger charge is -2.23. The van der Waals surface area contributed by atoms with Crippen molar-refractivity contribution in [2.24, 2.45) is 4.40 Å². The number of ketones is 1. The molecule has 0 saturated carbocycles. The van der Waals surface area contributed by atoms with E-state index in [4.69, 9.17) is 11.6 Å². The summed E-state index contributed by atoms with van der Waals surface area (Å²) in [4.78, 5) is 13.3. The van der Waals surface area contributed by atoms with Gasteiger partial charge in [0.25, 0.3) is 10.0 Å². The number of nitrogens with zero attached hydrogens (tertiary/aromatic N) is 2. The molecule has 0 N–H and O–H groups in total. The number of Topliss-reactive ketones (excluding diaryl/α,β-unsaturated/α-hetero) is 1. The van der Waals surface area contributed by atoms with Crippen LogP contribution in [-0.4, -0.2) is 19.9 Å². The van der Waals surface area contributed by atoms with Crippen molar-refractivity contribution >= 4 is 44.6 Å². The molecule has 4 aromatic rings. The zero-order chi connectivity index (χ0) is 25.3. The van der Waals surface area contributed by atoms with Gasteiger partial charge in [0.1, 0.15) is 0 Å². The molecule has 1 aromatic heterocycles. The number of benzene rings is 3. The number of carbonyl (C=O) groups is 1. The monoisotopic (exact) mass is 514 g/mol. The maximum absolute atomic E-state index is 13.6. The second-order valence-electron chi connectivity index (χ2n) is 8.20. The van der Waals surface area contributed by atoms with E-state index in [1.807, 2.05) is 36.4 Å². The van der Waals surface area contributed by atoms with Gasteiger partial charge >= 0.3 is 0 Å². The van der Waals surface area contributed by atoms with Crippen molar-refractivity contribution in [3.63, 3.8) is 0 Å². The number of hydrogen-bond acceptors (Lipinski definition) is 4. The zero-order valence-electron chi connectivity index (χ0n) is 18.8. The molecular formula is C28H19ClN2O4S. The third-order valence-electron chi connectivity index (χ3n) is 5.76. The standard InChI is InChI=1S/C28H19ClN2O4S/c29-21-12-14-22(15-13-21)36(34,35)30-25-26(28(33)24-11-5-4-10-23(24)27(25)32)31-16-6-9-20(18-31)17-19-7-2-1-3-8-19/h1-16,18H,17H2. The quantitative estimate of drug-likeness (QED) is 0.377. The lowest BCUT2D eigenvalue weighted by atomic mass is 9.91. The molecular weight excluding hydrogens is 496 g/mol. The maximum Gasteiger partial charge on any atom is 0.283 e. The molecule has 36 heavy (non-hydrogen) atoms. The normalized spacial score (nSPS) is 14.7. The molecule has 0 fully saturated rings. The Morgan fingerprint density at radius 1 is 0.806 bits per heavy atom. The maximum atomic E-state index is 13.6. The Morgan fingerprint density at radius 3 is 2.17 bits per heavy atom. The Labute approximate surface area is 213 Å². The van der Waals surface area contributed by atoms with Crippen molar-refractivity contribution in [2.75, 3.05) is 0 Å².